The van der Waals surface area contributed by atoms with E-state index in [0.29, 0.717) is 31.8 Å². The first-order valence-corrected chi connectivity index (χ1v) is 7.74. The molecule has 2 rings (SSSR count). The van der Waals surface area contributed by atoms with Crippen LogP contribution in [0.15, 0.2) is 24.3 Å². The second kappa shape index (κ2) is 7.20. The van der Waals surface area contributed by atoms with E-state index in [1.54, 1.807) is 6.92 Å². The van der Waals surface area contributed by atoms with Crippen molar-refractivity contribution < 1.29 is 17.6 Å². The predicted octanol–water partition coefficient (Wildman–Crippen LogP) is 4.41. The lowest BCUT2D eigenvalue weighted by Gasteiger charge is -2.36. The van der Waals surface area contributed by atoms with E-state index in [1.165, 1.54) is 0 Å². The van der Waals surface area contributed by atoms with Crippen LogP contribution in [0.3, 0.4) is 0 Å². The summed E-state index contributed by atoms with van der Waals surface area (Å²) in [6.45, 7) is 7.89. The molecule has 1 fully saturated rings. The number of rotatable bonds is 4. The third kappa shape index (κ3) is 4.25. The van der Waals surface area contributed by atoms with Gasteiger partial charge in [0.15, 0.2) is 0 Å². The molecule has 23 heavy (non-hydrogen) atoms. The number of benzene rings is 1. The molecule has 2 nitrogen and oxygen atoms in total. The standard InChI is InChI=1S/C16H19ClF4N2/c1-10(2)9-13(23-7-5-22-6-8-23)14-11(16(19,20)21)3-4-12(17)15(14)18/h3-4,13,22H,1,5-9H2,2H3/t13-/m0/s1. The summed E-state index contributed by atoms with van der Waals surface area (Å²) < 4.78 is 54.6. The summed E-state index contributed by atoms with van der Waals surface area (Å²) in [5.74, 6) is -0.994. The molecule has 0 unspecified atom stereocenters. The molecule has 0 aromatic heterocycles. The van der Waals surface area contributed by atoms with Gasteiger partial charge in [-0.05, 0) is 25.5 Å². The Balaban J connectivity index is 2.56. The molecule has 0 spiro atoms. The highest BCUT2D eigenvalue weighted by molar-refractivity contribution is 6.30. The molecular formula is C16H19ClF4N2. The monoisotopic (exact) mass is 350 g/mol. The number of halogens is 5. The highest BCUT2D eigenvalue weighted by atomic mass is 35.5. The summed E-state index contributed by atoms with van der Waals surface area (Å²) in [5, 5.41) is 2.84. The van der Waals surface area contributed by atoms with E-state index in [9.17, 15) is 17.6 Å². The second-order valence-electron chi connectivity index (χ2n) is 5.78. The van der Waals surface area contributed by atoms with Crippen LogP contribution in [0.1, 0.15) is 30.5 Å². The molecular weight excluding hydrogens is 332 g/mol. The molecule has 1 aromatic carbocycles. The van der Waals surface area contributed by atoms with E-state index in [1.807, 2.05) is 4.90 Å². The minimum absolute atomic E-state index is 0.250. The molecule has 0 saturated carbocycles. The van der Waals surface area contributed by atoms with Gasteiger partial charge in [0.2, 0.25) is 0 Å². The molecule has 1 aliphatic rings. The van der Waals surface area contributed by atoms with Crippen molar-refractivity contribution in [1.29, 1.82) is 0 Å². The van der Waals surface area contributed by atoms with Crippen LogP contribution in [-0.2, 0) is 6.18 Å². The quantitative estimate of drug-likeness (QED) is 0.639. The van der Waals surface area contributed by atoms with E-state index < -0.39 is 23.6 Å². The van der Waals surface area contributed by atoms with Crippen molar-refractivity contribution in [2.24, 2.45) is 0 Å². The zero-order valence-electron chi connectivity index (χ0n) is 12.8. The Morgan fingerprint density at radius 1 is 1.35 bits per heavy atom. The highest BCUT2D eigenvalue weighted by Crippen LogP contribution is 2.41. The molecule has 1 heterocycles. The van der Waals surface area contributed by atoms with E-state index >= 15 is 0 Å². The first-order valence-electron chi connectivity index (χ1n) is 7.36. The number of alkyl halides is 3. The Morgan fingerprint density at radius 3 is 2.48 bits per heavy atom. The first-order chi connectivity index (χ1) is 10.7. The summed E-state index contributed by atoms with van der Waals surface area (Å²) >= 11 is 5.76. The van der Waals surface area contributed by atoms with Crippen molar-refractivity contribution >= 4 is 11.6 Å². The number of nitrogens with one attached hydrogen (secondary N) is 1. The van der Waals surface area contributed by atoms with Gasteiger partial charge in [0.25, 0.3) is 0 Å². The van der Waals surface area contributed by atoms with Crippen LogP contribution < -0.4 is 5.32 Å². The molecule has 128 valence electrons. The van der Waals surface area contributed by atoms with E-state index in [2.05, 4.69) is 11.9 Å². The number of hydrogen-bond acceptors (Lipinski definition) is 2. The maximum Gasteiger partial charge on any atom is 0.416 e. The lowest BCUT2D eigenvalue weighted by Crippen LogP contribution is -2.45. The van der Waals surface area contributed by atoms with E-state index in [0.717, 1.165) is 12.1 Å². The predicted molar refractivity (Wildman–Crippen MR) is 83.0 cm³/mol. The number of hydrogen-bond donors (Lipinski definition) is 1. The van der Waals surface area contributed by atoms with Crippen LogP contribution >= 0.6 is 11.6 Å². The fraction of sp³-hybridized carbons (Fsp3) is 0.500. The summed E-state index contributed by atoms with van der Waals surface area (Å²) in [5.41, 5.74) is -0.653. The van der Waals surface area contributed by atoms with Crippen LogP contribution in [0.4, 0.5) is 17.6 Å². The van der Waals surface area contributed by atoms with Gasteiger partial charge < -0.3 is 5.32 Å². The molecule has 0 aliphatic carbocycles. The molecule has 1 atom stereocenters. The van der Waals surface area contributed by atoms with Gasteiger partial charge in [-0.2, -0.15) is 13.2 Å². The van der Waals surface area contributed by atoms with Crippen molar-refractivity contribution in [1.82, 2.24) is 10.2 Å². The van der Waals surface area contributed by atoms with Crippen molar-refractivity contribution in [2.45, 2.75) is 25.6 Å². The van der Waals surface area contributed by atoms with Crippen LogP contribution in [0.5, 0.6) is 0 Å². The molecule has 0 amide bonds. The number of nitrogens with zero attached hydrogens (tertiary/aromatic N) is 1. The molecule has 0 radical (unpaired) electrons. The van der Waals surface area contributed by atoms with E-state index in [-0.39, 0.29) is 17.0 Å². The fourth-order valence-corrected chi connectivity index (χ4v) is 3.04. The molecule has 1 aliphatic heterocycles. The Bertz CT molecular complexity index is 580. The molecule has 1 saturated heterocycles. The Labute approximate surface area is 138 Å². The summed E-state index contributed by atoms with van der Waals surface area (Å²) in [4.78, 5) is 1.86. The first kappa shape index (κ1) is 18.2. The zero-order valence-corrected chi connectivity index (χ0v) is 13.6. The molecule has 0 bridgehead atoms. The molecule has 7 heteroatoms. The maximum absolute atomic E-state index is 14.5. The van der Waals surface area contributed by atoms with Crippen molar-refractivity contribution in [3.63, 3.8) is 0 Å². The third-order valence-corrected chi connectivity index (χ3v) is 4.20. The Morgan fingerprint density at radius 2 is 1.96 bits per heavy atom. The zero-order chi connectivity index (χ0) is 17.2. The number of piperazine rings is 1. The van der Waals surface area contributed by atoms with Crippen LogP contribution in [0, 0.1) is 5.82 Å². The van der Waals surface area contributed by atoms with Gasteiger partial charge in [-0.1, -0.05) is 17.2 Å². The maximum atomic E-state index is 14.5. The fourth-order valence-electron chi connectivity index (χ4n) is 2.88. The topological polar surface area (TPSA) is 15.3 Å². The summed E-state index contributed by atoms with van der Waals surface area (Å²) in [6, 6.07) is 1.08. The minimum Gasteiger partial charge on any atom is -0.314 e. The Kier molecular flexibility index (Phi) is 5.70. The lowest BCUT2D eigenvalue weighted by molar-refractivity contribution is -0.139. The average Bonchev–Trinajstić information content (AvgIpc) is 2.47. The minimum atomic E-state index is -4.64. The lowest BCUT2D eigenvalue weighted by atomic mass is 9.92. The Hall–Kier alpha value is -1.11. The largest absolute Gasteiger partial charge is 0.416 e. The molecule has 1 N–H and O–H groups in total. The van der Waals surface area contributed by atoms with Crippen molar-refractivity contribution in [3.05, 3.63) is 46.3 Å². The van der Waals surface area contributed by atoms with E-state index in [4.69, 9.17) is 11.6 Å². The molecule has 1 aromatic rings. The van der Waals surface area contributed by atoms with Gasteiger partial charge in [0.1, 0.15) is 5.82 Å². The van der Waals surface area contributed by atoms with Gasteiger partial charge in [-0.3, -0.25) is 4.90 Å². The third-order valence-electron chi connectivity index (χ3n) is 3.91. The van der Waals surface area contributed by atoms with Gasteiger partial charge in [0.05, 0.1) is 10.6 Å². The second-order valence-corrected chi connectivity index (χ2v) is 6.19. The van der Waals surface area contributed by atoms with Gasteiger partial charge in [-0.25, -0.2) is 4.39 Å². The normalized spacial score (nSPS) is 18.0. The van der Waals surface area contributed by atoms with Crippen LogP contribution in [0.2, 0.25) is 5.02 Å². The van der Waals surface area contributed by atoms with Crippen LogP contribution in [-0.4, -0.2) is 31.1 Å². The summed E-state index contributed by atoms with van der Waals surface area (Å²) in [7, 11) is 0. The van der Waals surface area contributed by atoms with Gasteiger partial charge in [0, 0.05) is 37.8 Å². The average molecular weight is 351 g/mol. The van der Waals surface area contributed by atoms with Crippen molar-refractivity contribution in [3.8, 4) is 0 Å². The van der Waals surface area contributed by atoms with Crippen LogP contribution in [0.25, 0.3) is 0 Å². The smallest absolute Gasteiger partial charge is 0.314 e. The van der Waals surface area contributed by atoms with Gasteiger partial charge in [-0.15, -0.1) is 6.58 Å². The highest BCUT2D eigenvalue weighted by Gasteiger charge is 2.39. The van der Waals surface area contributed by atoms with Gasteiger partial charge >= 0.3 is 6.18 Å². The SMILES string of the molecule is C=C(C)C[C@@H](c1c(C(F)(F)F)ccc(Cl)c1F)N1CCNCC1. The van der Waals surface area contributed by atoms with Crippen molar-refractivity contribution in [2.75, 3.05) is 26.2 Å². The summed E-state index contributed by atoms with van der Waals surface area (Å²) in [6.07, 6.45) is -4.39.